The molecule has 2 aliphatic heterocycles. The van der Waals surface area contributed by atoms with Crippen molar-refractivity contribution in [1.29, 1.82) is 0 Å². The molecule has 0 spiro atoms. The van der Waals surface area contributed by atoms with E-state index in [-0.39, 0.29) is 30.5 Å². The summed E-state index contributed by atoms with van der Waals surface area (Å²) in [5, 5.41) is 14.0. The number of aliphatic carboxylic acids is 1. The summed E-state index contributed by atoms with van der Waals surface area (Å²) in [4.78, 5) is 38.1. The van der Waals surface area contributed by atoms with E-state index in [1.54, 1.807) is 12.1 Å². The normalized spacial score (nSPS) is 19.4. The monoisotopic (exact) mass is 462 g/mol. The van der Waals surface area contributed by atoms with Crippen LogP contribution in [-0.2, 0) is 14.4 Å². The number of hydrogen-bond donors (Lipinski definition) is 3. The van der Waals surface area contributed by atoms with E-state index < -0.39 is 12.0 Å². The van der Waals surface area contributed by atoms with Gasteiger partial charge in [-0.15, -0.1) is 0 Å². The second-order valence-corrected chi connectivity index (χ2v) is 8.91. The number of rotatable bonds is 12. The first-order valence-corrected chi connectivity index (χ1v) is 12.0. The first kappa shape index (κ1) is 25.0. The lowest BCUT2D eigenvalue weighted by atomic mass is 10.1. The molecule has 2 saturated heterocycles. The number of anilines is 2. The zero-order valence-electron chi connectivity index (χ0n) is 19.2. The van der Waals surface area contributed by atoms with Crippen molar-refractivity contribution in [3.8, 4) is 0 Å². The van der Waals surface area contributed by atoms with E-state index in [0.29, 0.717) is 17.8 Å². The molecule has 1 aromatic rings. The highest BCUT2D eigenvalue weighted by Crippen LogP contribution is 2.25. The predicted octanol–water partition coefficient (Wildman–Crippen LogP) is 2.98. The fraction of sp³-hybridized carbons (Fsp3) is 0.625. The SMILES string of the molecule is O=C(O)CCCCCCCCN1CCN(c2ccc(NC3CCC(=O)NC3=O)cc2F)CC1. The van der Waals surface area contributed by atoms with Gasteiger partial charge in [0.25, 0.3) is 0 Å². The Kier molecular flexibility index (Phi) is 9.47. The molecule has 1 unspecified atom stereocenters. The lowest BCUT2D eigenvalue weighted by Crippen LogP contribution is -2.47. The highest BCUT2D eigenvalue weighted by Gasteiger charge is 2.27. The number of nitrogens with one attached hydrogen (secondary N) is 2. The van der Waals surface area contributed by atoms with Gasteiger partial charge in [-0.2, -0.15) is 0 Å². The average Bonchev–Trinajstić information content (AvgIpc) is 2.78. The van der Waals surface area contributed by atoms with Crippen LogP contribution in [0.4, 0.5) is 15.8 Å². The molecule has 0 aliphatic carbocycles. The Morgan fingerprint density at radius 3 is 2.42 bits per heavy atom. The summed E-state index contributed by atoms with van der Waals surface area (Å²) >= 11 is 0. The number of nitrogens with zero attached hydrogens (tertiary/aromatic N) is 2. The summed E-state index contributed by atoms with van der Waals surface area (Å²) < 4.78 is 14.8. The maximum atomic E-state index is 14.8. The summed E-state index contributed by atoms with van der Waals surface area (Å²) in [6.07, 6.45) is 7.22. The van der Waals surface area contributed by atoms with E-state index >= 15 is 0 Å². The van der Waals surface area contributed by atoms with Crippen LogP contribution in [0.3, 0.4) is 0 Å². The van der Waals surface area contributed by atoms with Crippen LogP contribution in [0.5, 0.6) is 0 Å². The summed E-state index contributed by atoms with van der Waals surface area (Å²) in [6, 6.07) is 4.43. The van der Waals surface area contributed by atoms with Gasteiger partial charge in [-0.25, -0.2) is 4.39 Å². The van der Waals surface area contributed by atoms with Crippen LogP contribution in [0.1, 0.15) is 57.8 Å². The molecule has 3 rings (SSSR count). The number of halogens is 1. The molecular weight excluding hydrogens is 427 g/mol. The number of carboxylic acids is 1. The summed E-state index contributed by atoms with van der Waals surface area (Å²) in [7, 11) is 0. The topological polar surface area (TPSA) is 102 Å². The van der Waals surface area contributed by atoms with Gasteiger partial charge < -0.3 is 15.3 Å². The van der Waals surface area contributed by atoms with Crippen LogP contribution in [0, 0.1) is 5.82 Å². The largest absolute Gasteiger partial charge is 0.481 e. The molecule has 182 valence electrons. The van der Waals surface area contributed by atoms with Crippen LogP contribution < -0.4 is 15.5 Å². The number of unbranched alkanes of at least 4 members (excludes halogenated alkanes) is 5. The Balaban J connectivity index is 1.35. The minimum atomic E-state index is -0.714. The van der Waals surface area contributed by atoms with Crippen molar-refractivity contribution in [1.82, 2.24) is 10.2 Å². The quantitative estimate of drug-likeness (QED) is 0.324. The molecule has 1 aromatic carbocycles. The van der Waals surface area contributed by atoms with Crippen LogP contribution in [-0.4, -0.2) is 66.6 Å². The van der Waals surface area contributed by atoms with Gasteiger partial charge in [0.1, 0.15) is 11.9 Å². The number of amides is 2. The standard InChI is InChI=1S/C24H35FN4O4/c25-19-17-18(26-20-9-11-22(30)27-24(20)33)8-10-21(19)29-15-13-28(14-16-29)12-6-4-2-1-3-5-7-23(31)32/h8,10,17,20,26H,1-7,9,11-16H2,(H,31,32)(H,27,30,33). The van der Waals surface area contributed by atoms with E-state index in [2.05, 4.69) is 20.4 Å². The maximum absolute atomic E-state index is 14.8. The Morgan fingerprint density at radius 1 is 1.06 bits per heavy atom. The molecule has 2 aliphatic rings. The highest BCUT2D eigenvalue weighted by atomic mass is 19.1. The molecule has 0 radical (unpaired) electrons. The third-order valence-electron chi connectivity index (χ3n) is 6.36. The van der Waals surface area contributed by atoms with Gasteiger partial charge in [-0.1, -0.05) is 25.7 Å². The third kappa shape index (κ3) is 7.99. The zero-order chi connectivity index (χ0) is 23.6. The summed E-state index contributed by atoms with van der Waals surface area (Å²) in [5.41, 5.74) is 1.11. The van der Waals surface area contributed by atoms with Crippen molar-refractivity contribution in [3.63, 3.8) is 0 Å². The molecule has 0 aromatic heterocycles. The van der Waals surface area contributed by atoms with E-state index in [4.69, 9.17) is 5.11 Å². The number of benzene rings is 1. The fourth-order valence-electron chi connectivity index (χ4n) is 4.42. The van der Waals surface area contributed by atoms with E-state index in [1.807, 2.05) is 0 Å². The molecule has 0 saturated carbocycles. The highest BCUT2D eigenvalue weighted by molar-refractivity contribution is 6.01. The van der Waals surface area contributed by atoms with E-state index in [0.717, 1.165) is 71.2 Å². The Morgan fingerprint density at radius 2 is 1.76 bits per heavy atom. The fourth-order valence-corrected chi connectivity index (χ4v) is 4.42. The van der Waals surface area contributed by atoms with Crippen molar-refractivity contribution in [3.05, 3.63) is 24.0 Å². The van der Waals surface area contributed by atoms with Crippen LogP contribution in [0.2, 0.25) is 0 Å². The molecule has 0 bridgehead atoms. The molecule has 2 heterocycles. The van der Waals surface area contributed by atoms with Gasteiger partial charge >= 0.3 is 5.97 Å². The number of carbonyl (C=O) groups is 3. The van der Waals surface area contributed by atoms with Gasteiger partial charge in [0.15, 0.2) is 0 Å². The van der Waals surface area contributed by atoms with Crippen molar-refractivity contribution < 1.29 is 23.9 Å². The second kappa shape index (κ2) is 12.5. The van der Waals surface area contributed by atoms with Crippen LogP contribution in [0.25, 0.3) is 0 Å². The molecule has 33 heavy (non-hydrogen) atoms. The Bertz CT molecular complexity index is 827. The van der Waals surface area contributed by atoms with Crippen molar-refractivity contribution in [2.24, 2.45) is 0 Å². The van der Waals surface area contributed by atoms with Crippen molar-refractivity contribution in [2.75, 3.05) is 42.9 Å². The second-order valence-electron chi connectivity index (χ2n) is 8.91. The molecule has 2 amide bonds. The smallest absolute Gasteiger partial charge is 0.303 e. The molecule has 8 nitrogen and oxygen atoms in total. The zero-order valence-corrected chi connectivity index (χ0v) is 19.2. The van der Waals surface area contributed by atoms with Gasteiger partial charge in [0.05, 0.1) is 5.69 Å². The summed E-state index contributed by atoms with van der Waals surface area (Å²) in [6.45, 7) is 4.38. The average molecular weight is 463 g/mol. The first-order valence-electron chi connectivity index (χ1n) is 12.0. The molecule has 1 atom stereocenters. The number of carboxylic acid groups (broad SMARTS) is 1. The van der Waals surface area contributed by atoms with Crippen LogP contribution >= 0.6 is 0 Å². The minimum Gasteiger partial charge on any atom is -0.481 e. The predicted molar refractivity (Wildman–Crippen MR) is 125 cm³/mol. The lowest BCUT2D eigenvalue weighted by Gasteiger charge is -2.36. The lowest BCUT2D eigenvalue weighted by molar-refractivity contribution is -0.137. The number of imide groups is 1. The van der Waals surface area contributed by atoms with E-state index in [9.17, 15) is 18.8 Å². The van der Waals surface area contributed by atoms with Gasteiger partial charge in [-0.3, -0.25) is 24.6 Å². The number of piperazine rings is 1. The first-order chi connectivity index (χ1) is 15.9. The number of hydrogen-bond acceptors (Lipinski definition) is 6. The van der Waals surface area contributed by atoms with Gasteiger partial charge in [0, 0.05) is 44.7 Å². The molecule has 3 N–H and O–H groups in total. The third-order valence-corrected chi connectivity index (χ3v) is 6.36. The maximum Gasteiger partial charge on any atom is 0.303 e. The van der Waals surface area contributed by atoms with Gasteiger partial charge in [0.2, 0.25) is 11.8 Å². The number of carbonyl (C=O) groups excluding carboxylic acids is 2. The number of piperidine rings is 1. The van der Waals surface area contributed by atoms with Crippen molar-refractivity contribution >= 4 is 29.2 Å². The Hall–Kier alpha value is -2.68. The van der Waals surface area contributed by atoms with E-state index in [1.165, 1.54) is 6.07 Å². The van der Waals surface area contributed by atoms with Gasteiger partial charge in [-0.05, 0) is 44.0 Å². The summed E-state index contributed by atoms with van der Waals surface area (Å²) in [5.74, 6) is -1.67. The van der Waals surface area contributed by atoms with Crippen molar-refractivity contribution in [2.45, 2.75) is 63.8 Å². The molecule has 2 fully saturated rings. The molecular formula is C24H35FN4O4. The Labute approximate surface area is 194 Å². The van der Waals surface area contributed by atoms with Crippen LogP contribution in [0.15, 0.2) is 18.2 Å². The molecule has 9 heteroatoms. The minimum absolute atomic E-state index is 0.268.